The van der Waals surface area contributed by atoms with Crippen LogP contribution in [0.15, 0.2) is 70.0 Å². The zero-order valence-corrected chi connectivity index (χ0v) is 14.2. The van der Waals surface area contributed by atoms with E-state index in [0.29, 0.717) is 24.6 Å². The lowest BCUT2D eigenvalue weighted by atomic mass is 10.2. The minimum absolute atomic E-state index is 0.0367. The molecule has 0 bridgehead atoms. The van der Waals surface area contributed by atoms with Crippen molar-refractivity contribution in [3.05, 3.63) is 60.3 Å². The van der Waals surface area contributed by atoms with Gasteiger partial charge in [0.05, 0.1) is 31.6 Å². The van der Waals surface area contributed by atoms with Crippen LogP contribution in [0.4, 0.5) is 17.2 Å². The number of allylic oxidation sites excluding steroid dienone is 3. The van der Waals surface area contributed by atoms with E-state index in [0.717, 1.165) is 11.3 Å². The summed E-state index contributed by atoms with van der Waals surface area (Å²) in [4.78, 5) is 3.97. The summed E-state index contributed by atoms with van der Waals surface area (Å²) in [5.74, 6) is 0.430. The summed E-state index contributed by atoms with van der Waals surface area (Å²) in [5.41, 5.74) is 9.31. The monoisotopic (exact) mass is 338 g/mol. The number of hydrogen-bond donors (Lipinski definition) is 2. The van der Waals surface area contributed by atoms with E-state index in [1.807, 2.05) is 37.3 Å². The molecule has 130 valence electrons. The van der Waals surface area contributed by atoms with Crippen molar-refractivity contribution < 1.29 is 5.11 Å². The molecule has 3 N–H and O–H groups in total. The molecule has 0 saturated carbocycles. The van der Waals surface area contributed by atoms with Crippen LogP contribution < -0.4 is 5.73 Å². The van der Waals surface area contributed by atoms with Crippen molar-refractivity contribution in [2.75, 3.05) is 18.9 Å². The molecule has 0 aliphatic carbocycles. The molecule has 1 heterocycles. The van der Waals surface area contributed by atoms with Gasteiger partial charge in [0.25, 0.3) is 0 Å². The van der Waals surface area contributed by atoms with Gasteiger partial charge in [-0.25, -0.2) is 4.68 Å². The summed E-state index contributed by atoms with van der Waals surface area (Å²) in [6.07, 6.45) is 6.77. The van der Waals surface area contributed by atoms with E-state index in [9.17, 15) is 0 Å². The Bertz CT molecular complexity index is 786. The van der Waals surface area contributed by atoms with Gasteiger partial charge >= 0.3 is 0 Å². The molecular formula is C18H22N6O. The number of hydrogen-bond acceptors (Lipinski definition) is 6. The number of aliphatic imine (C=N–C) groups is 1. The van der Waals surface area contributed by atoms with Gasteiger partial charge in [-0.05, 0) is 30.7 Å². The van der Waals surface area contributed by atoms with E-state index >= 15 is 0 Å². The third-order valence-electron chi connectivity index (χ3n) is 3.27. The molecule has 0 aliphatic rings. The first-order valence-electron chi connectivity index (χ1n) is 7.85. The molecular weight excluding hydrogens is 316 g/mol. The second kappa shape index (κ2) is 9.29. The fourth-order valence-corrected chi connectivity index (χ4v) is 1.93. The molecule has 0 fully saturated rings. The van der Waals surface area contributed by atoms with Crippen molar-refractivity contribution in [1.29, 1.82) is 0 Å². The van der Waals surface area contributed by atoms with Crippen LogP contribution in [0.25, 0.3) is 0 Å². The lowest BCUT2D eigenvalue weighted by Gasteiger charge is -2.03. The van der Waals surface area contributed by atoms with Crippen LogP contribution in [0.3, 0.4) is 0 Å². The standard InChI is InChI=1S/C18H22N6O/c1-14-5-7-16(8-6-14)22-23-17-12-21-24(18(17)19)13-15(2)4-3-9-20-10-11-25/h3-9,12,25H,2,10-11,13,19H2,1H3/b4-3-,20-9?,23-22?. The number of aryl methyl sites for hydroxylation is 1. The lowest BCUT2D eigenvalue weighted by molar-refractivity contribution is 0.307. The maximum absolute atomic E-state index is 8.63. The highest BCUT2D eigenvalue weighted by Gasteiger charge is 2.07. The van der Waals surface area contributed by atoms with Crippen molar-refractivity contribution in [2.45, 2.75) is 13.5 Å². The first-order chi connectivity index (χ1) is 12.1. The van der Waals surface area contributed by atoms with Crippen LogP contribution in [0, 0.1) is 6.92 Å². The van der Waals surface area contributed by atoms with E-state index < -0.39 is 0 Å². The van der Waals surface area contributed by atoms with Crippen LogP contribution in [0.5, 0.6) is 0 Å². The van der Waals surface area contributed by atoms with Gasteiger partial charge in [0, 0.05) is 6.21 Å². The van der Waals surface area contributed by atoms with E-state index in [1.165, 1.54) is 5.56 Å². The first-order valence-corrected chi connectivity index (χ1v) is 7.85. The Labute approximate surface area is 146 Å². The van der Waals surface area contributed by atoms with Crippen molar-refractivity contribution in [3.8, 4) is 0 Å². The topological polar surface area (TPSA) is 101 Å². The molecule has 0 atom stereocenters. The van der Waals surface area contributed by atoms with Crippen LogP contribution in [0.2, 0.25) is 0 Å². The van der Waals surface area contributed by atoms with Crippen LogP contribution >= 0.6 is 0 Å². The van der Waals surface area contributed by atoms with Gasteiger partial charge in [0.15, 0.2) is 0 Å². The van der Waals surface area contributed by atoms with Gasteiger partial charge in [0.2, 0.25) is 0 Å². The number of azo groups is 1. The zero-order chi connectivity index (χ0) is 18.1. The van der Waals surface area contributed by atoms with Gasteiger partial charge in [-0.2, -0.15) is 10.2 Å². The highest BCUT2D eigenvalue weighted by molar-refractivity contribution is 5.71. The van der Waals surface area contributed by atoms with E-state index in [2.05, 4.69) is 26.9 Å². The Kier molecular flexibility index (Phi) is 6.79. The van der Waals surface area contributed by atoms with E-state index in [1.54, 1.807) is 23.2 Å². The number of rotatable bonds is 8. The number of benzene rings is 1. The summed E-state index contributed by atoms with van der Waals surface area (Å²) in [5, 5.41) is 21.2. The Morgan fingerprint density at radius 3 is 2.80 bits per heavy atom. The van der Waals surface area contributed by atoms with Crippen LogP contribution in [-0.2, 0) is 6.54 Å². The minimum atomic E-state index is 0.0367. The molecule has 7 nitrogen and oxygen atoms in total. The normalized spacial score (nSPS) is 11.9. The Morgan fingerprint density at radius 2 is 2.08 bits per heavy atom. The summed E-state index contributed by atoms with van der Waals surface area (Å²) in [6, 6.07) is 7.73. The van der Waals surface area contributed by atoms with Gasteiger partial charge in [-0.3, -0.25) is 4.99 Å². The quantitative estimate of drug-likeness (QED) is 0.438. The van der Waals surface area contributed by atoms with Crippen molar-refractivity contribution >= 4 is 23.4 Å². The van der Waals surface area contributed by atoms with Crippen molar-refractivity contribution in [1.82, 2.24) is 9.78 Å². The number of nitrogen functional groups attached to an aromatic ring is 1. The SMILES string of the molecule is C=C(/C=C\C=NCCO)Cn1ncc(N=Nc2ccc(C)cc2)c1N. The van der Waals surface area contributed by atoms with Gasteiger partial charge in [0.1, 0.15) is 11.5 Å². The number of nitrogens with two attached hydrogens (primary N) is 1. The Balaban J connectivity index is 1.98. The molecule has 1 aromatic heterocycles. The Hall–Kier alpha value is -3.06. The smallest absolute Gasteiger partial charge is 0.150 e. The minimum Gasteiger partial charge on any atom is -0.394 e. The first kappa shape index (κ1) is 18.3. The number of aliphatic hydroxyl groups is 1. The maximum Gasteiger partial charge on any atom is 0.150 e. The maximum atomic E-state index is 8.63. The van der Waals surface area contributed by atoms with Gasteiger partial charge in [-0.15, -0.1) is 5.11 Å². The number of anilines is 1. The highest BCUT2D eigenvalue weighted by atomic mass is 16.3. The lowest BCUT2D eigenvalue weighted by Crippen LogP contribution is -2.05. The molecule has 1 aromatic carbocycles. The third kappa shape index (κ3) is 5.82. The molecule has 0 amide bonds. The molecule has 25 heavy (non-hydrogen) atoms. The fraction of sp³-hybridized carbons (Fsp3) is 0.222. The molecule has 0 unspecified atom stereocenters. The molecule has 2 aromatic rings. The predicted molar refractivity (Wildman–Crippen MR) is 101 cm³/mol. The zero-order valence-electron chi connectivity index (χ0n) is 14.2. The average molecular weight is 338 g/mol. The van der Waals surface area contributed by atoms with Gasteiger partial charge < -0.3 is 10.8 Å². The molecule has 2 rings (SSSR count). The van der Waals surface area contributed by atoms with E-state index in [4.69, 9.17) is 10.8 Å². The fourth-order valence-electron chi connectivity index (χ4n) is 1.93. The molecule has 0 spiro atoms. The second-order valence-electron chi connectivity index (χ2n) is 5.40. The van der Waals surface area contributed by atoms with Crippen molar-refractivity contribution in [3.63, 3.8) is 0 Å². The molecule has 0 aliphatic heterocycles. The van der Waals surface area contributed by atoms with E-state index in [-0.39, 0.29) is 6.61 Å². The van der Waals surface area contributed by atoms with Crippen LogP contribution in [-0.4, -0.2) is 34.3 Å². The third-order valence-corrected chi connectivity index (χ3v) is 3.27. The average Bonchev–Trinajstić information content (AvgIpc) is 2.94. The predicted octanol–water partition coefficient (Wildman–Crippen LogP) is 3.36. The highest BCUT2D eigenvalue weighted by Crippen LogP contribution is 2.24. The number of aliphatic hydroxyl groups excluding tert-OH is 1. The van der Waals surface area contributed by atoms with Gasteiger partial charge in [-0.1, -0.05) is 30.4 Å². The largest absolute Gasteiger partial charge is 0.394 e. The summed E-state index contributed by atoms with van der Waals surface area (Å²) in [6.45, 7) is 6.83. The second-order valence-corrected chi connectivity index (χ2v) is 5.40. The molecule has 7 heteroatoms. The number of aromatic nitrogens is 2. The Morgan fingerprint density at radius 1 is 1.32 bits per heavy atom. The molecule has 0 saturated heterocycles. The van der Waals surface area contributed by atoms with Crippen LogP contribution in [0.1, 0.15) is 5.56 Å². The summed E-state index contributed by atoms with van der Waals surface area (Å²) >= 11 is 0. The van der Waals surface area contributed by atoms with Crippen molar-refractivity contribution in [2.24, 2.45) is 15.2 Å². The number of nitrogens with zero attached hydrogens (tertiary/aromatic N) is 5. The summed E-state index contributed by atoms with van der Waals surface area (Å²) in [7, 11) is 0. The summed E-state index contributed by atoms with van der Waals surface area (Å²) < 4.78 is 1.61. The molecule has 0 radical (unpaired) electrons.